The molecular weight excluding hydrogens is 455 g/mol. The maximum Gasteiger partial charge on any atom is 0.221 e. The Morgan fingerprint density at radius 2 is 1.81 bits per heavy atom. The zero-order valence-electron chi connectivity index (χ0n) is 15.9. The van der Waals surface area contributed by atoms with Gasteiger partial charge in [-0.1, -0.05) is 36.4 Å². The minimum atomic E-state index is -0.137. The second-order valence-corrected chi connectivity index (χ2v) is 5.75. The Morgan fingerprint density at radius 1 is 1.07 bits per heavy atom. The average Bonchev–Trinajstić information content (AvgIpc) is 2.64. The lowest BCUT2D eigenvalue weighted by Crippen LogP contribution is -2.36. The lowest BCUT2D eigenvalue weighted by molar-refractivity contribution is -0.114. The first-order valence-electron chi connectivity index (χ1n) is 8.63. The Labute approximate surface area is 177 Å². The van der Waals surface area contributed by atoms with Crippen LogP contribution in [0.5, 0.6) is 5.75 Å². The van der Waals surface area contributed by atoms with E-state index in [0.29, 0.717) is 24.5 Å². The maximum absolute atomic E-state index is 11.3. The van der Waals surface area contributed by atoms with Crippen molar-refractivity contribution in [1.29, 1.82) is 0 Å². The molecule has 2 aromatic carbocycles. The quantitative estimate of drug-likeness (QED) is 0.321. The number of halogens is 1. The van der Waals surface area contributed by atoms with Gasteiger partial charge < -0.3 is 20.7 Å². The molecule has 0 spiro atoms. The second-order valence-electron chi connectivity index (χ2n) is 5.75. The number of guanidine groups is 1. The predicted octanol–water partition coefficient (Wildman–Crippen LogP) is 3.53. The molecular formula is C20H27IN4O2. The van der Waals surface area contributed by atoms with Crippen molar-refractivity contribution in [3.63, 3.8) is 0 Å². The molecule has 2 aromatic rings. The highest BCUT2D eigenvalue weighted by Crippen LogP contribution is 2.25. The minimum Gasteiger partial charge on any atom is -0.495 e. The molecule has 0 bridgehead atoms. The number of methoxy groups -OCH3 is 1. The Balaban J connectivity index is 0.00000364. The van der Waals surface area contributed by atoms with Crippen LogP contribution in [0.15, 0.2) is 53.5 Å². The molecule has 0 saturated carbocycles. The molecule has 0 heterocycles. The fourth-order valence-corrected chi connectivity index (χ4v) is 2.43. The fourth-order valence-electron chi connectivity index (χ4n) is 2.43. The summed E-state index contributed by atoms with van der Waals surface area (Å²) in [5.74, 6) is 1.23. The number of hydrogen-bond donors (Lipinski definition) is 3. The lowest BCUT2D eigenvalue weighted by Gasteiger charge is -2.13. The summed E-state index contributed by atoms with van der Waals surface area (Å²) in [5, 5.41) is 9.34. The van der Waals surface area contributed by atoms with Gasteiger partial charge in [-0.15, -0.1) is 24.0 Å². The normalized spacial score (nSPS) is 10.6. The molecule has 7 heteroatoms. The third kappa shape index (κ3) is 7.86. The van der Waals surface area contributed by atoms with Crippen LogP contribution < -0.4 is 20.7 Å². The number of nitrogens with one attached hydrogen (secondary N) is 3. The van der Waals surface area contributed by atoms with Crippen molar-refractivity contribution >= 4 is 41.5 Å². The van der Waals surface area contributed by atoms with Gasteiger partial charge in [-0.25, -0.2) is 4.99 Å². The van der Waals surface area contributed by atoms with Crippen molar-refractivity contribution < 1.29 is 9.53 Å². The summed E-state index contributed by atoms with van der Waals surface area (Å²) in [4.78, 5) is 16.0. The molecule has 0 aromatic heterocycles. The van der Waals surface area contributed by atoms with Gasteiger partial charge in [-0.2, -0.15) is 0 Å². The summed E-state index contributed by atoms with van der Waals surface area (Å²) >= 11 is 0. The Bertz CT molecular complexity index is 751. The number of amides is 1. The third-order valence-electron chi connectivity index (χ3n) is 3.64. The maximum atomic E-state index is 11.3. The Hall–Kier alpha value is -2.29. The number of rotatable bonds is 7. The van der Waals surface area contributed by atoms with Gasteiger partial charge in [-0.05, 0) is 30.2 Å². The van der Waals surface area contributed by atoms with Gasteiger partial charge >= 0.3 is 0 Å². The van der Waals surface area contributed by atoms with Gasteiger partial charge in [0, 0.05) is 20.0 Å². The zero-order valence-corrected chi connectivity index (χ0v) is 18.2. The van der Waals surface area contributed by atoms with Crippen molar-refractivity contribution in [2.75, 3.05) is 19.0 Å². The van der Waals surface area contributed by atoms with Crippen LogP contribution in [0.1, 0.15) is 25.0 Å². The third-order valence-corrected chi connectivity index (χ3v) is 3.64. The average molecular weight is 482 g/mol. The van der Waals surface area contributed by atoms with E-state index in [1.54, 1.807) is 7.11 Å². The number of benzene rings is 2. The highest BCUT2D eigenvalue weighted by molar-refractivity contribution is 14.0. The first-order chi connectivity index (χ1) is 12.6. The summed E-state index contributed by atoms with van der Waals surface area (Å²) < 4.78 is 5.28. The molecule has 2 rings (SSSR count). The minimum absolute atomic E-state index is 0. The molecule has 0 fully saturated rings. The van der Waals surface area contributed by atoms with Crippen LogP contribution in [0, 0.1) is 0 Å². The first kappa shape index (κ1) is 22.8. The molecule has 1 amide bonds. The molecule has 0 radical (unpaired) electrons. The van der Waals surface area contributed by atoms with Gasteiger partial charge in [0.1, 0.15) is 5.75 Å². The Morgan fingerprint density at radius 3 is 2.44 bits per heavy atom. The molecule has 0 aliphatic carbocycles. The van der Waals surface area contributed by atoms with Gasteiger partial charge in [0.25, 0.3) is 0 Å². The summed E-state index contributed by atoms with van der Waals surface area (Å²) in [6, 6.07) is 15.8. The molecule has 3 N–H and O–H groups in total. The van der Waals surface area contributed by atoms with E-state index in [0.717, 1.165) is 18.1 Å². The summed E-state index contributed by atoms with van der Waals surface area (Å²) in [6.07, 6.45) is 0. The summed E-state index contributed by atoms with van der Waals surface area (Å²) in [6.45, 7) is 5.47. The zero-order chi connectivity index (χ0) is 18.8. The van der Waals surface area contributed by atoms with E-state index in [9.17, 15) is 4.79 Å². The molecule has 146 valence electrons. The van der Waals surface area contributed by atoms with E-state index in [4.69, 9.17) is 4.74 Å². The topological polar surface area (TPSA) is 74.8 Å². The number of anilines is 1. The monoisotopic (exact) mass is 482 g/mol. The molecule has 0 aliphatic rings. The van der Waals surface area contributed by atoms with Crippen LogP contribution >= 0.6 is 24.0 Å². The van der Waals surface area contributed by atoms with Gasteiger partial charge in [0.05, 0.1) is 19.3 Å². The number of carbonyl (C=O) groups excluding carboxylic acids is 1. The van der Waals surface area contributed by atoms with E-state index >= 15 is 0 Å². The van der Waals surface area contributed by atoms with Crippen molar-refractivity contribution in [3.8, 4) is 5.75 Å². The van der Waals surface area contributed by atoms with E-state index in [1.807, 2.05) is 43.3 Å². The Kier molecular flexibility index (Phi) is 10.2. The van der Waals surface area contributed by atoms with E-state index < -0.39 is 0 Å². The lowest BCUT2D eigenvalue weighted by atomic mass is 10.2. The standard InChI is InChI=1S/C20H26N4O2.HI/c1-4-21-20(22-13-16-8-6-5-7-9-16)23-14-17-10-11-19(26-3)18(12-17)24-15(2)25;/h5-12H,4,13-14H2,1-3H3,(H,24,25)(H2,21,22,23);1H. The van der Waals surface area contributed by atoms with Gasteiger partial charge in [0.15, 0.2) is 5.96 Å². The summed E-state index contributed by atoms with van der Waals surface area (Å²) in [7, 11) is 1.58. The number of carbonyl (C=O) groups is 1. The number of aliphatic imine (C=N–C) groups is 1. The fraction of sp³-hybridized carbons (Fsp3) is 0.300. The van der Waals surface area contributed by atoms with Gasteiger partial charge in [0.2, 0.25) is 5.91 Å². The molecule has 0 atom stereocenters. The molecule has 0 unspecified atom stereocenters. The first-order valence-corrected chi connectivity index (χ1v) is 8.63. The van der Waals surface area contributed by atoms with Crippen LogP contribution in [-0.2, 0) is 17.9 Å². The summed E-state index contributed by atoms with van der Waals surface area (Å²) in [5.41, 5.74) is 2.82. The van der Waals surface area contributed by atoms with Crippen LogP contribution in [-0.4, -0.2) is 25.5 Å². The van der Waals surface area contributed by atoms with E-state index in [1.165, 1.54) is 12.5 Å². The van der Waals surface area contributed by atoms with Crippen LogP contribution in [0.3, 0.4) is 0 Å². The van der Waals surface area contributed by atoms with Crippen LogP contribution in [0.4, 0.5) is 5.69 Å². The highest BCUT2D eigenvalue weighted by Gasteiger charge is 2.06. The molecule has 0 saturated heterocycles. The smallest absolute Gasteiger partial charge is 0.221 e. The molecule has 6 nitrogen and oxygen atoms in total. The predicted molar refractivity (Wildman–Crippen MR) is 121 cm³/mol. The second kappa shape index (κ2) is 12.2. The number of ether oxygens (including phenoxy) is 1. The number of hydrogen-bond acceptors (Lipinski definition) is 3. The van der Waals surface area contributed by atoms with Crippen LogP contribution in [0.25, 0.3) is 0 Å². The SMILES string of the molecule is CCNC(=NCc1ccc(OC)c(NC(C)=O)c1)NCc1ccccc1.I. The molecule has 0 aliphatic heterocycles. The van der Waals surface area contributed by atoms with E-state index in [2.05, 4.69) is 33.1 Å². The molecule has 27 heavy (non-hydrogen) atoms. The highest BCUT2D eigenvalue weighted by atomic mass is 127. The van der Waals surface area contributed by atoms with E-state index in [-0.39, 0.29) is 29.9 Å². The van der Waals surface area contributed by atoms with Crippen molar-refractivity contribution in [3.05, 3.63) is 59.7 Å². The largest absolute Gasteiger partial charge is 0.495 e. The van der Waals surface area contributed by atoms with Crippen molar-refractivity contribution in [2.24, 2.45) is 4.99 Å². The number of nitrogens with zero attached hydrogens (tertiary/aromatic N) is 1. The van der Waals surface area contributed by atoms with Crippen molar-refractivity contribution in [1.82, 2.24) is 10.6 Å². The van der Waals surface area contributed by atoms with Gasteiger partial charge in [-0.3, -0.25) is 4.79 Å². The van der Waals surface area contributed by atoms with Crippen LogP contribution in [0.2, 0.25) is 0 Å². The van der Waals surface area contributed by atoms with Crippen molar-refractivity contribution in [2.45, 2.75) is 26.9 Å².